The molecule has 0 spiro atoms. The normalized spacial score (nSPS) is 17.2. The molecule has 1 unspecified atom stereocenters. The Labute approximate surface area is 154 Å². The van der Waals surface area contributed by atoms with E-state index in [1.165, 1.54) is 4.68 Å². The number of amides is 1. The number of rotatable bonds is 3. The molecular weight excluding hydrogens is 348 g/mol. The molecule has 0 aromatic carbocycles. The van der Waals surface area contributed by atoms with Gasteiger partial charge in [0.1, 0.15) is 11.4 Å². The molecule has 1 aliphatic heterocycles. The number of thiophene rings is 1. The minimum Gasteiger partial charge on any atom is -0.335 e. The van der Waals surface area contributed by atoms with Crippen molar-refractivity contribution in [3.05, 3.63) is 70.1 Å². The molecular formula is C19H18N4O2S. The van der Waals surface area contributed by atoms with Crippen molar-refractivity contribution in [3.63, 3.8) is 0 Å². The SMILES string of the molecule is O=C(c1ccccn1)N1CCCC(n2nc(-c3cccs3)ccc2=O)C1. The van der Waals surface area contributed by atoms with Crippen molar-refractivity contribution in [1.29, 1.82) is 0 Å². The molecule has 1 saturated heterocycles. The molecule has 1 fully saturated rings. The number of hydrogen-bond acceptors (Lipinski definition) is 5. The molecule has 4 heterocycles. The third kappa shape index (κ3) is 3.30. The van der Waals surface area contributed by atoms with E-state index >= 15 is 0 Å². The van der Waals surface area contributed by atoms with E-state index in [4.69, 9.17) is 0 Å². The number of hydrogen-bond donors (Lipinski definition) is 0. The zero-order valence-corrected chi connectivity index (χ0v) is 14.9. The monoisotopic (exact) mass is 366 g/mol. The highest BCUT2D eigenvalue weighted by Crippen LogP contribution is 2.24. The van der Waals surface area contributed by atoms with E-state index in [0.717, 1.165) is 23.4 Å². The molecule has 3 aromatic heterocycles. The molecule has 1 atom stereocenters. The van der Waals surface area contributed by atoms with Crippen LogP contribution < -0.4 is 5.56 Å². The lowest BCUT2D eigenvalue weighted by Gasteiger charge is -2.32. The first kappa shape index (κ1) is 16.7. The lowest BCUT2D eigenvalue weighted by Crippen LogP contribution is -2.43. The van der Waals surface area contributed by atoms with Crippen LogP contribution in [0.25, 0.3) is 10.6 Å². The third-order valence-electron chi connectivity index (χ3n) is 4.51. The Morgan fingerprint density at radius 3 is 2.85 bits per heavy atom. The van der Waals surface area contributed by atoms with Crippen LogP contribution in [0.3, 0.4) is 0 Å². The maximum absolute atomic E-state index is 12.7. The van der Waals surface area contributed by atoms with Crippen LogP contribution in [-0.2, 0) is 0 Å². The van der Waals surface area contributed by atoms with Gasteiger partial charge < -0.3 is 4.90 Å². The molecule has 1 amide bonds. The van der Waals surface area contributed by atoms with E-state index in [0.29, 0.717) is 18.8 Å². The molecule has 3 aromatic rings. The van der Waals surface area contributed by atoms with Crippen molar-refractivity contribution in [2.75, 3.05) is 13.1 Å². The fourth-order valence-electron chi connectivity index (χ4n) is 3.23. The molecule has 6 nitrogen and oxygen atoms in total. The quantitative estimate of drug-likeness (QED) is 0.715. The smallest absolute Gasteiger partial charge is 0.272 e. The van der Waals surface area contributed by atoms with E-state index in [2.05, 4.69) is 10.1 Å². The van der Waals surface area contributed by atoms with Crippen LogP contribution in [0.5, 0.6) is 0 Å². The van der Waals surface area contributed by atoms with Gasteiger partial charge in [0.2, 0.25) is 0 Å². The van der Waals surface area contributed by atoms with Crippen LogP contribution in [0.15, 0.2) is 58.8 Å². The summed E-state index contributed by atoms with van der Waals surface area (Å²) in [7, 11) is 0. The Morgan fingerprint density at radius 2 is 2.08 bits per heavy atom. The van der Waals surface area contributed by atoms with Crippen molar-refractivity contribution < 1.29 is 4.79 Å². The Hall–Kier alpha value is -2.80. The summed E-state index contributed by atoms with van der Waals surface area (Å²) >= 11 is 1.59. The lowest BCUT2D eigenvalue weighted by molar-refractivity contribution is 0.0664. The van der Waals surface area contributed by atoms with E-state index in [-0.39, 0.29) is 17.5 Å². The molecule has 132 valence electrons. The van der Waals surface area contributed by atoms with Gasteiger partial charge >= 0.3 is 0 Å². The Bertz CT molecular complexity index is 953. The zero-order chi connectivity index (χ0) is 17.9. The first-order chi connectivity index (χ1) is 12.7. The largest absolute Gasteiger partial charge is 0.335 e. The summed E-state index contributed by atoms with van der Waals surface area (Å²) in [6.07, 6.45) is 3.28. The minimum absolute atomic E-state index is 0.0993. The third-order valence-corrected chi connectivity index (χ3v) is 5.40. The summed E-state index contributed by atoms with van der Waals surface area (Å²) in [5, 5.41) is 6.55. The molecule has 26 heavy (non-hydrogen) atoms. The molecule has 4 rings (SSSR count). The fourth-order valence-corrected chi connectivity index (χ4v) is 3.92. The van der Waals surface area contributed by atoms with Gasteiger partial charge in [-0.05, 0) is 42.5 Å². The maximum Gasteiger partial charge on any atom is 0.272 e. The second-order valence-corrected chi connectivity index (χ2v) is 7.19. The van der Waals surface area contributed by atoms with Gasteiger partial charge in [0, 0.05) is 25.4 Å². The lowest BCUT2D eigenvalue weighted by atomic mass is 10.1. The highest BCUT2D eigenvalue weighted by atomic mass is 32.1. The van der Waals surface area contributed by atoms with E-state index in [1.807, 2.05) is 17.5 Å². The number of pyridine rings is 1. The standard InChI is InChI=1S/C19H18N4O2S/c24-18-9-8-15(17-7-4-12-26-17)21-23(18)14-5-3-11-22(13-14)19(25)16-6-1-2-10-20-16/h1-2,4,6-10,12,14H,3,5,11,13H2. The van der Waals surface area contributed by atoms with Crippen LogP contribution in [0.2, 0.25) is 0 Å². The number of carbonyl (C=O) groups excluding carboxylic acids is 1. The van der Waals surface area contributed by atoms with Crippen LogP contribution in [0.1, 0.15) is 29.4 Å². The van der Waals surface area contributed by atoms with Crippen LogP contribution in [0, 0.1) is 0 Å². The zero-order valence-electron chi connectivity index (χ0n) is 14.1. The number of piperidine rings is 1. The van der Waals surface area contributed by atoms with Gasteiger partial charge in [0.15, 0.2) is 0 Å². The molecule has 0 radical (unpaired) electrons. The Kier molecular flexibility index (Phi) is 4.62. The molecule has 0 aliphatic carbocycles. The second kappa shape index (κ2) is 7.21. The molecule has 0 saturated carbocycles. The van der Waals surface area contributed by atoms with Crippen LogP contribution in [0.4, 0.5) is 0 Å². The second-order valence-electron chi connectivity index (χ2n) is 6.24. The predicted octanol–water partition coefficient (Wildman–Crippen LogP) is 2.84. The number of likely N-dealkylation sites (tertiary alicyclic amines) is 1. The van der Waals surface area contributed by atoms with Crippen molar-refractivity contribution in [2.45, 2.75) is 18.9 Å². The molecule has 7 heteroatoms. The van der Waals surface area contributed by atoms with Crippen LogP contribution in [-0.4, -0.2) is 38.7 Å². The predicted molar refractivity (Wildman–Crippen MR) is 100 cm³/mol. The molecule has 0 N–H and O–H groups in total. The number of nitrogens with zero attached hydrogens (tertiary/aromatic N) is 4. The number of aromatic nitrogens is 3. The van der Waals surface area contributed by atoms with Crippen molar-refractivity contribution >= 4 is 17.2 Å². The molecule has 1 aliphatic rings. The first-order valence-corrected chi connectivity index (χ1v) is 9.44. The summed E-state index contributed by atoms with van der Waals surface area (Å²) < 4.78 is 1.53. The van der Waals surface area contributed by atoms with E-state index in [9.17, 15) is 9.59 Å². The van der Waals surface area contributed by atoms with Crippen LogP contribution >= 0.6 is 11.3 Å². The van der Waals surface area contributed by atoms with Gasteiger partial charge in [-0.1, -0.05) is 12.1 Å². The summed E-state index contributed by atoms with van der Waals surface area (Å²) in [5.74, 6) is -0.0993. The average Bonchev–Trinajstić information content (AvgIpc) is 3.23. The summed E-state index contributed by atoms with van der Waals surface area (Å²) in [6.45, 7) is 1.14. The Morgan fingerprint density at radius 1 is 1.15 bits per heavy atom. The number of carbonyl (C=O) groups is 1. The van der Waals surface area contributed by atoms with Crippen molar-refractivity contribution in [2.24, 2.45) is 0 Å². The van der Waals surface area contributed by atoms with Gasteiger partial charge in [0.25, 0.3) is 11.5 Å². The van der Waals surface area contributed by atoms with Gasteiger partial charge in [-0.3, -0.25) is 14.6 Å². The minimum atomic E-state index is -0.137. The van der Waals surface area contributed by atoms with Crippen molar-refractivity contribution in [1.82, 2.24) is 19.7 Å². The van der Waals surface area contributed by atoms with Gasteiger partial charge in [-0.25, -0.2) is 4.68 Å². The first-order valence-electron chi connectivity index (χ1n) is 8.56. The Balaban J connectivity index is 1.59. The molecule has 0 bridgehead atoms. The highest BCUT2D eigenvalue weighted by molar-refractivity contribution is 7.13. The van der Waals surface area contributed by atoms with Gasteiger partial charge in [-0.15, -0.1) is 11.3 Å². The topological polar surface area (TPSA) is 68.1 Å². The summed E-state index contributed by atoms with van der Waals surface area (Å²) in [6, 6.07) is 12.4. The maximum atomic E-state index is 12.7. The summed E-state index contributed by atoms with van der Waals surface area (Å²) in [5.41, 5.74) is 1.08. The van der Waals surface area contributed by atoms with Gasteiger partial charge in [-0.2, -0.15) is 5.10 Å². The highest BCUT2D eigenvalue weighted by Gasteiger charge is 2.27. The average molecular weight is 366 g/mol. The fraction of sp³-hybridized carbons (Fsp3) is 0.263. The van der Waals surface area contributed by atoms with E-state index in [1.54, 1.807) is 52.8 Å². The van der Waals surface area contributed by atoms with E-state index < -0.39 is 0 Å². The van der Waals surface area contributed by atoms with Gasteiger partial charge in [0.05, 0.1) is 10.9 Å². The summed E-state index contributed by atoms with van der Waals surface area (Å²) in [4.78, 5) is 32.0. The van der Waals surface area contributed by atoms with Crippen molar-refractivity contribution in [3.8, 4) is 10.6 Å².